The van der Waals surface area contributed by atoms with Crippen molar-refractivity contribution in [3.63, 3.8) is 0 Å². The first kappa shape index (κ1) is 34.0. The molecule has 0 heterocycles. The Morgan fingerprint density at radius 3 is 1.43 bits per heavy atom. The summed E-state index contributed by atoms with van der Waals surface area (Å²) in [6, 6.07) is 10.7. The Labute approximate surface area is 289 Å². The average Bonchev–Trinajstić information content (AvgIpc) is 3.61. The molecule has 0 bridgehead atoms. The molecule has 0 nitrogen and oxygen atoms in total. The van der Waals surface area contributed by atoms with Crippen LogP contribution in [0.4, 0.5) is 0 Å². The monoisotopic (exact) mass is 690 g/mol. The Balaban J connectivity index is 1.68. The van der Waals surface area contributed by atoms with Crippen LogP contribution in [0.1, 0.15) is 154 Å². The van der Waals surface area contributed by atoms with Crippen molar-refractivity contribution >= 4 is 14.4 Å². The first-order chi connectivity index (χ1) is 21.0. The van der Waals surface area contributed by atoms with Gasteiger partial charge in [-0.05, 0) is 0 Å². The van der Waals surface area contributed by atoms with E-state index in [-0.39, 0.29) is 27.1 Å². The fraction of sp³-hybridized carbons (Fsp3) is 0.533. The van der Waals surface area contributed by atoms with Gasteiger partial charge in [-0.2, -0.15) is 0 Å². The summed E-state index contributed by atoms with van der Waals surface area (Å²) in [6.07, 6.45) is 11.7. The van der Waals surface area contributed by atoms with E-state index in [9.17, 15) is 0 Å². The first-order valence-electron chi connectivity index (χ1n) is 17.9. The summed E-state index contributed by atoms with van der Waals surface area (Å²) in [5.41, 5.74) is 17.4. The molecular weight excluding hydrogens is 632 g/mol. The van der Waals surface area contributed by atoms with E-state index >= 15 is 0 Å². The minimum atomic E-state index is -2.44. The number of allylic oxidation sites excluding steroid dienone is 8. The van der Waals surface area contributed by atoms with Crippen LogP contribution < -0.4 is 0 Å². The van der Waals surface area contributed by atoms with Crippen molar-refractivity contribution < 1.29 is 21.3 Å². The average molecular weight is 692 g/mol. The van der Waals surface area contributed by atoms with Gasteiger partial charge >= 0.3 is 291 Å². The molecular formula is C45H60Zr. The van der Waals surface area contributed by atoms with Crippen molar-refractivity contribution in [1.29, 1.82) is 0 Å². The van der Waals surface area contributed by atoms with E-state index in [0.29, 0.717) is 9.54 Å². The van der Waals surface area contributed by atoms with Gasteiger partial charge in [0.15, 0.2) is 0 Å². The standard InChI is InChI=1S/C31H37.C11H17.C3H6.Zr/c1-28(2,3)26-16-30(7,8)24-12-18-11-19-13-25-23(15-21(19)20(18)14-22(24)26)27(29(4,5)6)17-31(25,9)10;1-5-9-6-7-10(8-9)11(2,3)4;1-3-2;/h11-17H,1-10H3;7-9H,5H2,1-4H3;1-2H3;. The molecule has 4 aliphatic rings. The second kappa shape index (κ2) is 10.6. The summed E-state index contributed by atoms with van der Waals surface area (Å²) >= 11 is -2.44. The summed E-state index contributed by atoms with van der Waals surface area (Å²) < 4.78 is 4.05. The molecule has 0 aromatic heterocycles. The van der Waals surface area contributed by atoms with Crippen LogP contribution in [0.5, 0.6) is 0 Å². The second-order valence-corrected chi connectivity index (χ2v) is 26.7. The number of hydrogen-bond acceptors (Lipinski definition) is 0. The van der Waals surface area contributed by atoms with Crippen molar-refractivity contribution in [2.75, 3.05) is 0 Å². The zero-order valence-corrected chi connectivity index (χ0v) is 34.4. The third kappa shape index (κ3) is 5.29. The third-order valence-corrected chi connectivity index (χ3v) is 19.8. The molecule has 0 spiro atoms. The maximum absolute atomic E-state index is 2.71. The van der Waals surface area contributed by atoms with Gasteiger partial charge in [0, 0.05) is 0 Å². The van der Waals surface area contributed by atoms with Crippen molar-refractivity contribution in [2.45, 2.75) is 132 Å². The molecule has 4 aliphatic carbocycles. The number of benzene rings is 2. The molecule has 1 unspecified atom stereocenters. The van der Waals surface area contributed by atoms with Crippen LogP contribution in [0, 0.1) is 22.2 Å². The van der Waals surface area contributed by atoms with E-state index in [0.717, 1.165) is 0 Å². The van der Waals surface area contributed by atoms with E-state index in [1.54, 1.807) is 19.9 Å². The Kier molecular flexibility index (Phi) is 7.82. The van der Waals surface area contributed by atoms with Crippen LogP contribution >= 0.6 is 0 Å². The summed E-state index contributed by atoms with van der Waals surface area (Å²) in [6.45, 7) is 38.7. The van der Waals surface area contributed by atoms with Crippen molar-refractivity contribution in [2.24, 2.45) is 22.2 Å². The fourth-order valence-electron chi connectivity index (χ4n) is 8.90. The molecule has 0 amide bonds. The van der Waals surface area contributed by atoms with Gasteiger partial charge in [0.1, 0.15) is 0 Å². The van der Waals surface area contributed by atoms with Gasteiger partial charge in [-0.1, -0.05) is 0 Å². The molecule has 0 radical (unpaired) electrons. The van der Waals surface area contributed by atoms with Gasteiger partial charge < -0.3 is 0 Å². The van der Waals surface area contributed by atoms with E-state index < -0.39 is 21.3 Å². The Morgan fingerprint density at radius 2 is 1.09 bits per heavy atom. The van der Waals surface area contributed by atoms with Crippen molar-refractivity contribution in [3.05, 3.63) is 90.8 Å². The molecule has 0 saturated carbocycles. The summed E-state index contributed by atoms with van der Waals surface area (Å²) in [4.78, 5) is 0. The van der Waals surface area contributed by atoms with Gasteiger partial charge in [-0.3, -0.25) is 0 Å². The van der Waals surface area contributed by atoms with Crippen LogP contribution in [0.25, 0.3) is 22.3 Å². The number of hydrogen-bond donors (Lipinski definition) is 0. The number of fused-ring (bicyclic) bond motifs is 5. The predicted octanol–water partition coefficient (Wildman–Crippen LogP) is 12.9. The second-order valence-electron chi connectivity index (χ2n) is 19.4. The SMILES string of the molecule is CCC1C=C(C(C)(C)C)C=[C]1[Zr](=[C](C)C)[CH]1c2cc3c(cc2-c2cc4c(cc21)C(C)(C)C=C4C(C)(C)C)C(C(C)(C)C)=CC3(C)C. The van der Waals surface area contributed by atoms with Crippen LogP contribution in [0.15, 0.2) is 57.4 Å². The molecule has 244 valence electrons. The number of rotatable bonds is 3. The van der Waals surface area contributed by atoms with E-state index in [2.05, 4.69) is 159 Å². The van der Waals surface area contributed by atoms with Crippen LogP contribution in [-0.4, -0.2) is 3.21 Å². The molecule has 1 atom stereocenters. The van der Waals surface area contributed by atoms with Crippen LogP contribution in [0.3, 0.4) is 0 Å². The molecule has 0 fully saturated rings. The Hall–Kier alpha value is -1.85. The van der Waals surface area contributed by atoms with E-state index in [1.165, 1.54) is 50.9 Å². The fourth-order valence-corrected chi connectivity index (χ4v) is 17.7. The zero-order valence-electron chi connectivity index (χ0n) is 32.0. The molecule has 6 rings (SSSR count). The van der Waals surface area contributed by atoms with Gasteiger partial charge in [0.2, 0.25) is 0 Å². The molecule has 2 aromatic rings. The van der Waals surface area contributed by atoms with Crippen LogP contribution in [-0.2, 0) is 32.1 Å². The Morgan fingerprint density at radius 1 is 0.652 bits per heavy atom. The van der Waals surface area contributed by atoms with Gasteiger partial charge in [0.25, 0.3) is 0 Å². The quantitative estimate of drug-likeness (QED) is 0.301. The van der Waals surface area contributed by atoms with Crippen molar-refractivity contribution in [3.8, 4) is 11.1 Å². The van der Waals surface area contributed by atoms with Crippen LogP contribution in [0.2, 0.25) is 0 Å². The predicted molar refractivity (Wildman–Crippen MR) is 200 cm³/mol. The molecule has 46 heavy (non-hydrogen) atoms. The Bertz CT molecular complexity index is 1720. The third-order valence-electron chi connectivity index (χ3n) is 11.4. The van der Waals surface area contributed by atoms with Gasteiger partial charge in [-0.15, -0.1) is 0 Å². The molecule has 0 N–H and O–H groups in total. The first-order valence-corrected chi connectivity index (χ1v) is 21.8. The van der Waals surface area contributed by atoms with E-state index in [4.69, 9.17) is 0 Å². The zero-order chi connectivity index (χ0) is 34.1. The molecule has 0 aliphatic heterocycles. The molecule has 0 saturated heterocycles. The summed E-state index contributed by atoms with van der Waals surface area (Å²) in [5, 5.41) is 0. The normalized spacial score (nSPS) is 21.3. The van der Waals surface area contributed by atoms with Crippen molar-refractivity contribution in [1.82, 2.24) is 0 Å². The molecule has 2 aromatic carbocycles. The van der Waals surface area contributed by atoms with Gasteiger partial charge in [0.05, 0.1) is 0 Å². The van der Waals surface area contributed by atoms with E-state index in [1.807, 2.05) is 3.28 Å². The summed E-state index contributed by atoms with van der Waals surface area (Å²) in [7, 11) is 0. The topological polar surface area (TPSA) is 0 Å². The minimum absolute atomic E-state index is 0.0340. The maximum atomic E-state index is 2.71. The van der Waals surface area contributed by atoms with Gasteiger partial charge in [-0.25, -0.2) is 0 Å². The molecule has 1 heteroatoms. The summed E-state index contributed by atoms with van der Waals surface area (Å²) in [5.74, 6) is 0.575.